The number of benzene rings is 8. The molecule has 0 bridgehead atoms. The Kier molecular flexibility index (Phi) is 48.5. The largest absolute Gasteiger partial charge is 0.115 e. The predicted molar refractivity (Wildman–Crippen MR) is 466 cm³/mol. The Balaban J connectivity index is 0.000000595. The summed E-state index contributed by atoms with van der Waals surface area (Å²) in [6, 6.07) is 61.8. The van der Waals surface area contributed by atoms with Crippen LogP contribution in [0.2, 0.25) is 0 Å². The van der Waals surface area contributed by atoms with Crippen molar-refractivity contribution in [2.24, 2.45) is 0 Å². The molecule has 0 N–H and O–H groups in total. The average Bonchev–Trinajstić information content (AvgIpc) is 0.801. The number of unbranched alkanes of at least 4 members (excludes halogenated alkanes) is 24. The fraction of sp³-hybridized carbons (Fsp3) is 0.429. The van der Waals surface area contributed by atoms with Crippen LogP contribution in [0.25, 0.3) is 44.5 Å². The van der Waals surface area contributed by atoms with E-state index in [1.807, 2.05) is 6.92 Å². The molecule has 2 heteroatoms. The first-order chi connectivity index (χ1) is 47.1. The van der Waals surface area contributed by atoms with Crippen molar-refractivity contribution in [1.29, 1.82) is 0 Å². The zero-order valence-corrected chi connectivity index (χ0v) is 64.0. The first-order valence-electron chi connectivity index (χ1n) is 37.2. The molecule has 0 aliphatic carbocycles. The van der Waals surface area contributed by atoms with E-state index in [4.69, 9.17) is 12.8 Å². The zero-order valence-electron chi connectivity index (χ0n) is 59.7. The van der Waals surface area contributed by atoms with E-state index in [1.165, 1.54) is 226 Å². The second-order valence-corrected chi connectivity index (χ2v) is 28.9. The SMILES string of the molecule is C.C.C.C.C#Cc1cc(-c2ccc(CCCCCCCCC)cc2)c(C#C)cc1-c1ccc(CCCCCCCCC)cc1.CC#Cc1cc(-c2ccc(CCCCCCCCC)cc2)c(C#Cc2ccc(C)cc2)cc1-c1ccc(CCCCCCCCC)cc1.Ic1ccc(I)cc1. The van der Waals surface area contributed by atoms with Gasteiger partial charge in [0.2, 0.25) is 0 Å². The maximum absolute atomic E-state index is 6.01. The average molecular weight is 1560 g/mol. The van der Waals surface area contributed by atoms with Crippen LogP contribution in [-0.4, -0.2) is 0 Å². The molecule has 0 unspecified atom stereocenters. The fourth-order valence-corrected chi connectivity index (χ4v) is 13.2. The summed E-state index contributed by atoms with van der Waals surface area (Å²) in [7, 11) is 0. The predicted octanol–water partition coefficient (Wildman–Crippen LogP) is 30.7. The molecule has 8 aromatic rings. The van der Waals surface area contributed by atoms with Crippen LogP contribution in [0.5, 0.6) is 0 Å². The maximum atomic E-state index is 6.01. The van der Waals surface area contributed by atoms with E-state index in [0.29, 0.717) is 0 Å². The van der Waals surface area contributed by atoms with Crippen LogP contribution in [0.1, 0.15) is 300 Å². The Hall–Kier alpha value is -6.54. The molecule has 0 heterocycles. The minimum absolute atomic E-state index is 0. The first kappa shape index (κ1) is 89.5. The third-order valence-electron chi connectivity index (χ3n) is 18.4. The minimum Gasteiger partial charge on any atom is -0.115 e. The van der Waals surface area contributed by atoms with Gasteiger partial charge in [0, 0.05) is 35.0 Å². The third-order valence-corrected chi connectivity index (χ3v) is 19.9. The highest BCUT2D eigenvalue weighted by atomic mass is 127. The van der Waals surface area contributed by atoms with E-state index < -0.39 is 0 Å². The van der Waals surface area contributed by atoms with Gasteiger partial charge in [-0.05, 0) is 238 Å². The van der Waals surface area contributed by atoms with Crippen LogP contribution in [-0.2, 0) is 25.7 Å². The van der Waals surface area contributed by atoms with E-state index in [1.54, 1.807) is 0 Å². The molecule has 0 radical (unpaired) electrons. The topological polar surface area (TPSA) is 0 Å². The fourth-order valence-electron chi connectivity index (χ4n) is 12.5. The molecule has 0 amide bonds. The van der Waals surface area contributed by atoms with Gasteiger partial charge in [0.1, 0.15) is 0 Å². The molecule has 0 saturated heterocycles. The van der Waals surface area contributed by atoms with Crippen LogP contribution in [0.15, 0.2) is 170 Å². The molecule has 8 rings (SSSR count). The molecule has 534 valence electrons. The van der Waals surface area contributed by atoms with E-state index in [-0.39, 0.29) is 29.7 Å². The lowest BCUT2D eigenvalue weighted by Gasteiger charge is -2.13. The Labute approximate surface area is 642 Å². The van der Waals surface area contributed by atoms with Gasteiger partial charge >= 0.3 is 0 Å². The van der Waals surface area contributed by atoms with Crippen molar-refractivity contribution >= 4 is 45.2 Å². The lowest BCUT2D eigenvalue weighted by atomic mass is 9.90. The second-order valence-electron chi connectivity index (χ2n) is 26.4. The number of hydrogen-bond donors (Lipinski definition) is 0. The summed E-state index contributed by atoms with van der Waals surface area (Å²) in [4.78, 5) is 0. The van der Waals surface area contributed by atoms with Gasteiger partial charge in [-0.1, -0.05) is 356 Å². The highest BCUT2D eigenvalue weighted by Crippen LogP contribution is 2.35. The van der Waals surface area contributed by atoms with Crippen LogP contribution < -0.4 is 0 Å². The summed E-state index contributed by atoms with van der Waals surface area (Å²) in [5.74, 6) is 19.5. The quantitative estimate of drug-likeness (QED) is 0.0209. The normalized spacial score (nSPS) is 10.2. The number of aryl methyl sites for hydroxylation is 5. The van der Waals surface area contributed by atoms with Crippen molar-refractivity contribution in [2.45, 2.75) is 277 Å². The van der Waals surface area contributed by atoms with Crippen molar-refractivity contribution < 1.29 is 0 Å². The molecule has 0 nitrogen and oxygen atoms in total. The van der Waals surface area contributed by atoms with Crippen molar-refractivity contribution in [3.63, 3.8) is 0 Å². The molecule has 0 spiro atoms. The van der Waals surface area contributed by atoms with Crippen LogP contribution >= 0.6 is 45.2 Å². The van der Waals surface area contributed by atoms with Gasteiger partial charge in [-0.25, -0.2) is 0 Å². The van der Waals surface area contributed by atoms with E-state index in [2.05, 4.69) is 285 Å². The van der Waals surface area contributed by atoms with Crippen molar-refractivity contribution in [3.05, 3.63) is 233 Å². The molecule has 0 aliphatic heterocycles. The standard InChI is InChI=1S/C48H58.C40H50.C6H4I2.4CH4/c1-5-8-10-12-14-16-18-21-40-27-32-43(33-28-40)47-38-46(36-31-42-25-23-39(4)24-26-42)48(37-45(47)20-7-3)44-34-29-41(30-35-44)22-19-17-15-13-11-9-6-2;1-5-9-11-13-15-17-19-21-33-23-27-37(28-24-33)39-31-36(8-4)40(32-35(39)7-3)38-29-25-34(26-30-38)22-20-18-16-14-12-10-6-2;7-5-1-2-6(8)4-3-5;;;;/h23-30,32-35,37-38H,5-6,8-19,21-22H2,1-4H3;3-4,23-32H,5-6,9-22H2,1-2H3;1-4H;4*1H4. The summed E-state index contributed by atoms with van der Waals surface area (Å²) in [6.07, 6.45) is 54.1. The number of rotatable bonds is 36. The smallest absolute Gasteiger partial charge is 0.0334 e. The number of halogens is 2. The summed E-state index contributed by atoms with van der Waals surface area (Å²) in [5, 5.41) is 0. The summed E-state index contributed by atoms with van der Waals surface area (Å²) < 4.78 is 2.59. The monoisotopic (exact) mass is 1560 g/mol. The molecular formula is C98H128I2. The van der Waals surface area contributed by atoms with Crippen LogP contribution in [0.3, 0.4) is 0 Å². The highest BCUT2D eigenvalue weighted by molar-refractivity contribution is 14.1. The third kappa shape index (κ3) is 33.5. The highest BCUT2D eigenvalue weighted by Gasteiger charge is 2.15. The molecular weight excluding hydrogens is 1430 g/mol. The van der Waals surface area contributed by atoms with Crippen molar-refractivity contribution in [2.75, 3.05) is 0 Å². The van der Waals surface area contributed by atoms with Crippen molar-refractivity contribution in [3.8, 4) is 92.9 Å². The van der Waals surface area contributed by atoms with Gasteiger partial charge in [0.05, 0.1) is 0 Å². The van der Waals surface area contributed by atoms with Crippen LogP contribution in [0.4, 0.5) is 0 Å². The minimum atomic E-state index is 0. The summed E-state index contributed by atoms with van der Waals surface area (Å²) in [6.45, 7) is 13.2. The number of terminal acetylenes is 2. The van der Waals surface area contributed by atoms with Crippen molar-refractivity contribution in [1.82, 2.24) is 0 Å². The number of hydrogen-bond acceptors (Lipinski definition) is 0. The Morgan fingerprint density at radius 3 is 0.780 bits per heavy atom. The van der Waals surface area contributed by atoms with Gasteiger partial charge in [-0.2, -0.15) is 0 Å². The molecule has 100 heavy (non-hydrogen) atoms. The Morgan fingerprint density at radius 1 is 0.280 bits per heavy atom. The van der Waals surface area contributed by atoms with Crippen LogP contribution in [0, 0.1) is 62.4 Å². The maximum Gasteiger partial charge on any atom is 0.0334 e. The Bertz CT molecular complexity index is 3550. The van der Waals surface area contributed by atoms with Gasteiger partial charge < -0.3 is 0 Å². The molecule has 0 fully saturated rings. The summed E-state index contributed by atoms with van der Waals surface area (Å²) in [5.41, 5.74) is 20.8. The lowest BCUT2D eigenvalue weighted by molar-refractivity contribution is 0.589. The van der Waals surface area contributed by atoms with Gasteiger partial charge in [-0.15, -0.1) is 18.8 Å². The van der Waals surface area contributed by atoms with E-state index in [0.717, 1.165) is 86.9 Å². The molecule has 0 atom stereocenters. The van der Waals surface area contributed by atoms with Gasteiger partial charge in [0.15, 0.2) is 0 Å². The zero-order chi connectivity index (χ0) is 68.2. The van der Waals surface area contributed by atoms with Gasteiger partial charge in [0.25, 0.3) is 0 Å². The second kappa shape index (κ2) is 54.2. The lowest BCUT2D eigenvalue weighted by Crippen LogP contribution is -1.94. The molecule has 0 aromatic heterocycles. The molecule has 8 aromatic carbocycles. The van der Waals surface area contributed by atoms with E-state index in [9.17, 15) is 0 Å². The molecule has 0 saturated carbocycles. The van der Waals surface area contributed by atoms with Gasteiger partial charge in [-0.3, -0.25) is 0 Å². The first-order valence-corrected chi connectivity index (χ1v) is 39.3. The summed E-state index contributed by atoms with van der Waals surface area (Å²) >= 11 is 4.59. The molecule has 0 aliphatic rings. The van der Waals surface area contributed by atoms with E-state index >= 15 is 0 Å². The Morgan fingerprint density at radius 2 is 0.520 bits per heavy atom.